The number of aliphatic hydroxyl groups excluding tert-OH is 1. The van der Waals surface area contributed by atoms with Crippen LogP contribution in [0.15, 0.2) is 30.3 Å². The molecule has 0 atom stereocenters. The SMILES string of the molecule is C/C(=C/C(=O)N(CCO)C1CC1)c1ccccc1OC(F)F. The van der Waals surface area contributed by atoms with Gasteiger partial charge >= 0.3 is 6.61 Å². The minimum Gasteiger partial charge on any atom is -0.434 e. The minimum absolute atomic E-state index is 0.0409. The van der Waals surface area contributed by atoms with Crippen molar-refractivity contribution in [1.82, 2.24) is 4.90 Å². The normalized spacial score (nSPS) is 15.0. The number of allylic oxidation sites excluding steroid dienone is 1. The molecule has 22 heavy (non-hydrogen) atoms. The molecule has 2 rings (SSSR count). The second-order valence-corrected chi connectivity index (χ2v) is 5.19. The number of benzene rings is 1. The number of amides is 1. The van der Waals surface area contributed by atoms with Gasteiger partial charge in [0.2, 0.25) is 5.91 Å². The standard InChI is InChI=1S/C16H19F2NO3/c1-11(10-15(21)19(8-9-20)12-6-7-12)13-4-2-3-5-14(13)22-16(17)18/h2-5,10,12,16,20H,6-9H2,1H3/b11-10-. The molecule has 0 aromatic heterocycles. The Labute approximate surface area is 128 Å². The van der Waals surface area contributed by atoms with Gasteiger partial charge in [-0.2, -0.15) is 8.78 Å². The molecule has 0 unspecified atom stereocenters. The van der Waals surface area contributed by atoms with E-state index >= 15 is 0 Å². The molecule has 1 fully saturated rings. The van der Waals surface area contributed by atoms with E-state index < -0.39 is 6.61 Å². The lowest BCUT2D eigenvalue weighted by Gasteiger charge is -2.20. The molecule has 1 amide bonds. The van der Waals surface area contributed by atoms with E-state index in [1.165, 1.54) is 12.1 Å². The Hall–Kier alpha value is -1.95. The van der Waals surface area contributed by atoms with Crippen LogP contribution in [0.2, 0.25) is 0 Å². The fourth-order valence-electron chi connectivity index (χ4n) is 2.30. The summed E-state index contributed by atoms with van der Waals surface area (Å²) in [5.74, 6) is -0.180. The Morgan fingerprint density at radius 3 is 2.73 bits per heavy atom. The van der Waals surface area contributed by atoms with Crippen LogP contribution >= 0.6 is 0 Å². The minimum atomic E-state index is -2.91. The van der Waals surface area contributed by atoms with E-state index in [4.69, 9.17) is 5.11 Å². The van der Waals surface area contributed by atoms with Crippen LogP contribution in [-0.4, -0.2) is 41.7 Å². The van der Waals surface area contributed by atoms with Crippen LogP contribution in [-0.2, 0) is 4.79 Å². The van der Waals surface area contributed by atoms with Gasteiger partial charge in [-0.05, 0) is 31.4 Å². The number of aliphatic hydroxyl groups is 1. The first kappa shape index (κ1) is 16.4. The fraction of sp³-hybridized carbons (Fsp3) is 0.438. The Bertz CT molecular complexity index is 556. The monoisotopic (exact) mass is 311 g/mol. The number of hydrogen-bond acceptors (Lipinski definition) is 3. The molecule has 1 aromatic carbocycles. The Morgan fingerprint density at radius 1 is 1.45 bits per heavy atom. The van der Waals surface area contributed by atoms with E-state index in [9.17, 15) is 13.6 Å². The highest BCUT2D eigenvalue weighted by molar-refractivity contribution is 5.95. The highest BCUT2D eigenvalue weighted by atomic mass is 19.3. The predicted octanol–water partition coefficient (Wildman–Crippen LogP) is 2.67. The molecule has 1 N–H and O–H groups in total. The molecule has 1 aromatic rings. The molecule has 0 heterocycles. The van der Waals surface area contributed by atoms with Crippen molar-refractivity contribution < 1.29 is 23.4 Å². The third-order valence-corrected chi connectivity index (χ3v) is 3.48. The Morgan fingerprint density at radius 2 is 2.14 bits per heavy atom. The van der Waals surface area contributed by atoms with E-state index in [2.05, 4.69) is 4.74 Å². The van der Waals surface area contributed by atoms with Crippen LogP contribution in [0.4, 0.5) is 8.78 Å². The highest BCUT2D eigenvalue weighted by Crippen LogP contribution is 2.29. The van der Waals surface area contributed by atoms with Gasteiger partial charge in [0.1, 0.15) is 5.75 Å². The summed E-state index contributed by atoms with van der Waals surface area (Å²) in [6, 6.07) is 6.54. The number of nitrogens with zero attached hydrogens (tertiary/aromatic N) is 1. The summed E-state index contributed by atoms with van der Waals surface area (Å²) >= 11 is 0. The van der Waals surface area contributed by atoms with Crippen LogP contribution < -0.4 is 4.74 Å². The average molecular weight is 311 g/mol. The Kier molecular flexibility index (Phi) is 5.49. The quantitative estimate of drug-likeness (QED) is 0.788. The van der Waals surface area contributed by atoms with Crippen molar-refractivity contribution in [2.45, 2.75) is 32.4 Å². The van der Waals surface area contributed by atoms with Crippen molar-refractivity contribution in [3.8, 4) is 5.75 Å². The van der Waals surface area contributed by atoms with E-state index in [-0.39, 0.29) is 30.9 Å². The number of rotatable bonds is 7. The Balaban J connectivity index is 2.19. The molecule has 6 heteroatoms. The number of halogens is 2. The van der Waals surface area contributed by atoms with Gasteiger partial charge in [-0.1, -0.05) is 18.2 Å². The van der Waals surface area contributed by atoms with Crippen LogP contribution in [0.3, 0.4) is 0 Å². The molecule has 0 aliphatic heterocycles. The summed E-state index contributed by atoms with van der Waals surface area (Å²) in [4.78, 5) is 13.9. The van der Waals surface area contributed by atoms with Gasteiger partial charge in [0.25, 0.3) is 0 Å². The number of ether oxygens (including phenoxy) is 1. The van der Waals surface area contributed by atoms with Crippen LogP contribution in [0, 0.1) is 0 Å². The summed E-state index contributed by atoms with van der Waals surface area (Å²) in [5.41, 5.74) is 1.00. The van der Waals surface area contributed by atoms with Crippen molar-refractivity contribution in [2.24, 2.45) is 0 Å². The summed E-state index contributed by atoms with van der Waals surface area (Å²) in [6.45, 7) is -1.06. The van der Waals surface area contributed by atoms with Crippen LogP contribution in [0.1, 0.15) is 25.3 Å². The van der Waals surface area contributed by atoms with Gasteiger partial charge in [-0.25, -0.2) is 0 Å². The zero-order valence-corrected chi connectivity index (χ0v) is 12.3. The van der Waals surface area contributed by atoms with Gasteiger partial charge in [0.05, 0.1) is 6.61 Å². The van der Waals surface area contributed by atoms with Gasteiger partial charge in [0.15, 0.2) is 0 Å². The van der Waals surface area contributed by atoms with Crippen molar-refractivity contribution >= 4 is 11.5 Å². The molecule has 0 saturated heterocycles. The number of hydrogen-bond donors (Lipinski definition) is 1. The van der Waals surface area contributed by atoms with Crippen molar-refractivity contribution in [2.75, 3.05) is 13.2 Å². The van der Waals surface area contributed by atoms with Gasteiger partial charge in [-0.15, -0.1) is 0 Å². The molecule has 4 nitrogen and oxygen atoms in total. The maximum absolute atomic E-state index is 12.4. The van der Waals surface area contributed by atoms with E-state index in [0.717, 1.165) is 12.8 Å². The average Bonchev–Trinajstić information content (AvgIpc) is 3.29. The fourth-order valence-corrected chi connectivity index (χ4v) is 2.30. The van der Waals surface area contributed by atoms with Gasteiger partial charge < -0.3 is 14.7 Å². The van der Waals surface area contributed by atoms with Crippen molar-refractivity contribution in [3.63, 3.8) is 0 Å². The number of alkyl halides is 2. The lowest BCUT2D eigenvalue weighted by molar-refractivity contribution is -0.127. The highest BCUT2D eigenvalue weighted by Gasteiger charge is 2.31. The number of carbonyl (C=O) groups excluding carboxylic acids is 1. The van der Waals surface area contributed by atoms with Crippen molar-refractivity contribution in [1.29, 1.82) is 0 Å². The molecule has 0 radical (unpaired) electrons. The summed E-state index contributed by atoms with van der Waals surface area (Å²) in [7, 11) is 0. The first-order chi connectivity index (χ1) is 10.5. The summed E-state index contributed by atoms with van der Waals surface area (Å²) < 4.78 is 29.3. The lowest BCUT2D eigenvalue weighted by atomic mass is 10.1. The molecular formula is C16H19F2NO3. The maximum Gasteiger partial charge on any atom is 0.387 e. The molecule has 1 saturated carbocycles. The maximum atomic E-state index is 12.4. The summed E-state index contributed by atoms with van der Waals surface area (Å²) in [5, 5.41) is 9.04. The molecule has 1 aliphatic carbocycles. The molecular weight excluding hydrogens is 292 g/mol. The van der Waals surface area contributed by atoms with Gasteiger partial charge in [0, 0.05) is 24.2 Å². The first-order valence-electron chi connectivity index (χ1n) is 7.17. The molecule has 0 bridgehead atoms. The predicted molar refractivity (Wildman–Crippen MR) is 78.5 cm³/mol. The number of carbonyl (C=O) groups is 1. The third-order valence-electron chi connectivity index (χ3n) is 3.48. The molecule has 1 aliphatic rings. The summed E-state index contributed by atoms with van der Waals surface area (Å²) in [6.07, 6.45) is 3.27. The first-order valence-corrected chi connectivity index (χ1v) is 7.17. The zero-order valence-electron chi connectivity index (χ0n) is 12.3. The third kappa shape index (κ3) is 4.27. The van der Waals surface area contributed by atoms with Gasteiger partial charge in [-0.3, -0.25) is 4.79 Å². The van der Waals surface area contributed by atoms with E-state index in [1.807, 2.05) is 0 Å². The van der Waals surface area contributed by atoms with Crippen LogP contribution in [0.5, 0.6) is 5.75 Å². The van der Waals surface area contributed by atoms with E-state index in [0.29, 0.717) is 11.1 Å². The van der Waals surface area contributed by atoms with Crippen LogP contribution in [0.25, 0.3) is 5.57 Å². The lowest BCUT2D eigenvalue weighted by Crippen LogP contribution is -2.34. The topological polar surface area (TPSA) is 49.8 Å². The largest absolute Gasteiger partial charge is 0.434 e. The van der Waals surface area contributed by atoms with E-state index in [1.54, 1.807) is 30.0 Å². The zero-order chi connectivity index (χ0) is 16.1. The number of para-hydroxylation sites is 1. The second-order valence-electron chi connectivity index (χ2n) is 5.19. The van der Waals surface area contributed by atoms with Crippen molar-refractivity contribution in [3.05, 3.63) is 35.9 Å². The molecule has 120 valence electrons. The smallest absolute Gasteiger partial charge is 0.387 e. The second kappa shape index (κ2) is 7.35. The molecule has 0 spiro atoms.